The van der Waals surface area contributed by atoms with Crippen LogP contribution >= 0.6 is 12.0 Å². The first-order chi connectivity index (χ1) is 14.4. The Kier molecular flexibility index (Phi) is 6.69. The van der Waals surface area contributed by atoms with Crippen LogP contribution in [0.1, 0.15) is 27.7 Å². The van der Waals surface area contributed by atoms with E-state index in [-0.39, 0.29) is 17.2 Å². The molecular formula is C19H24N2O9S. The smallest absolute Gasteiger partial charge is 0.292 e. The van der Waals surface area contributed by atoms with Crippen LogP contribution in [0.3, 0.4) is 0 Å². The quantitative estimate of drug-likeness (QED) is 0.246. The summed E-state index contributed by atoms with van der Waals surface area (Å²) in [4.78, 5) is 21.1. The number of nitro groups is 2. The third-order valence-corrected chi connectivity index (χ3v) is 5.56. The van der Waals surface area contributed by atoms with Crippen LogP contribution in [0.15, 0.2) is 35.7 Å². The minimum atomic E-state index is -0.899. The SMILES string of the molecule is C=C[C@H]1OC(C)(C)O[C@H]1[C@H](OSc1ccc([N+](=O)[O-])cc1[N+](=O)[O-])[C@H]1COC(C)(C)O1. The van der Waals surface area contributed by atoms with E-state index < -0.39 is 51.5 Å². The van der Waals surface area contributed by atoms with Gasteiger partial charge in [-0.1, -0.05) is 6.08 Å². The van der Waals surface area contributed by atoms with Gasteiger partial charge in [-0.15, -0.1) is 6.58 Å². The minimum Gasteiger partial charge on any atom is -0.348 e. The number of ether oxygens (including phenoxy) is 4. The second-order valence-corrected chi connectivity index (χ2v) is 8.78. The van der Waals surface area contributed by atoms with Crippen LogP contribution in [-0.4, -0.2) is 52.4 Å². The van der Waals surface area contributed by atoms with Crippen molar-refractivity contribution >= 4 is 23.4 Å². The Balaban J connectivity index is 1.87. The van der Waals surface area contributed by atoms with Crippen LogP contribution < -0.4 is 0 Å². The third-order valence-electron chi connectivity index (χ3n) is 4.72. The zero-order valence-electron chi connectivity index (χ0n) is 17.5. The molecule has 12 heteroatoms. The first-order valence-electron chi connectivity index (χ1n) is 9.48. The zero-order valence-corrected chi connectivity index (χ0v) is 18.3. The van der Waals surface area contributed by atoms with E-state index in [9.17, 15) is 20.2 Å². The summed E-state index contributed by atoms with van der Waals surface area (Å²) in [7, 11) is 0. The first kappa shape index (κ1) is 23.6. The molecule has 0 unspecified atom stereocenters. The highest BCUT2D eigenvalue weighted by Gasteiger charge is 2.50. The van der Waals surface area contributed by atoms with Gasteiger partial charge >= 0.3 is 0 Å². The summed E-state index contributed by atoms with van der Waals surface area (Å²) in [5, 5.41) is 22.4. The first-order valence-corrected chi connectivity index (χ1v) is 10.2. The molecule has 2 fully saturated rings. The lowest BCUT2D eigenvalue weighted by atomic mass is 10.0. The fraction of sp³-hybridized carbons (Fsp3) is 0.579. The van der Waals surface area contributed by atoms with Gasteiger partial charge in [0.25, 0.3) is 11.4 Å². The second-order valence-electron chi connectivity index (χ2n) is 7.98. The lowest BCUT2D eigenvalue weighted by molar-refractivity contribution is -0.396. The molecule has 0 N–H and O–H groups in total. The number of non-ortho nitro benzene ring substituents is 1. The van der Waals surface area contributed by atoms with E-state index in [0.717, 1.165) is 18.1 Å². The van der Waals surface area contributed by atoms with E-state index in [4.69, 9.17) is 23.1 Å². The highest BCUT2D eigenvalue weighted by Crippen LogP contribution is 2.40. The van der Waals surface area contributed by atoms with E-state index in [1.807, 2.05) is 0 Å². The van der Waals surface area contributed by atoms with Gasteiger partial charge in [-0.05, 0) is 33.8 Å². The molecule has 2 aliphatic heterocycles. The Morgan fingerprint density at radius 3 is 2.42 bits per heavy atom. The third kappa shape index (κ3) is 5.40. The van der Waals surface area contributed by atoms with Gasteiger partial charge in [0.1, 0.15) is 29.3 Å². The van der Waals surface area contributed by atoms with Gasteiger partial charge in [-0.2, -0.15) is 0 Å². The summed E-state index contributed by atoms with van der Waals surface area (Å²) in [5.41, 5.74) is -0.825. The molecule has 0 amide bonds. The largest absolute Gasteiger partial charge is 0.348 e. The molecule has 0 radical (unpaired) electrons. The minimum absolute atomic E-state index is 0.104. The molecular weight excluding hydrogens is 432 g/mol. The van der Waals surface area contributed by atoms with E-state index >= 15 is 0 Å². The summed E-state index contributed by atoms with van der Waals surface area (Å²) in [5.74, 6) is -1.74. The highest BCUT2D eigenvalue weighted by atomic mass is 32.2. The molecule has 0 saturated carbocycles. The lowest BCUT2D eigenvalue weighted by Crippen LogP contribution is -2.45. The Hall–Kier alpha value is -2.09. The average molecular weight is 456 g/mol. The van der Waals surface area contributed by atoms with Crippen LogP contribution in [0.25, 0.3) is 0 Å². The molecule has 1 aromatic carbocycles. The van der Waals surface area contributed by atoms with Crippen molar-refractivity contribution in [1.82, 2.24) is 0 Å². The maximum atomic E-state index is 11.4. The Labute approximate surface area is 183 Å². The zero-order chi connectivity index (χ0) is 23.0. The molecule has 2 heterocycles. The summed E-state index contributed by atoms with van der Waals surface area (Å²) < 4.78 is 29.5. The van der Waals surface area contributed by atoms with Crippen molar-refractivity contribution < 1.29 is 33.0 Å². The number of nitrogens with zero attached hydrogens (tertiary/aromatic N) is 2. The molecule has 4 atom stereocenters. The van der Waals surface area contributed by atoms with Crippen LogP contribution in [0.2, 0.25) is 0 Å². The lowest BCUT2D eigenvalue weighted by Gasteiger charge is -2.29. The molecule has 0 aromatic heterocycles. The standard InChI is InChI=1S/C19H24N2O9S/c1-6-13-16(29-19(4,5)27-13)17(14-10-26-18(2,3)28-14)30-31-15-8-7-11(20(22)23)9-12(15)21(24)25/h6-9,13-14,16-17H,1,10H2,2-5H3/t13-,14-,16-,17-/m1/s1. The van der Waals surface area contributed by atoms with Gasteiger partial charge in [-0.3, -0.25) is 20.2 Å². The Morgan fingerprint density at radius 2 is 1.87 bits per heavy atom. The van der Waals surface area contributed by atoms with Gasteiger partial charge in [0, 0.05) is 18.1 Å². The molecule has 170 valence electrons. The fourth-order valence-corrected chi connectivity index (χ4v) is 4.19. The fourth-order valence-electron chi connectivity index (χ4n) is 3.40. The summed E-state index contributed by atoms with van der Waals surface area (Å²) in [6.45, 7) is 11.0. The predicted molar refractivity (Wildman–Crippen MR) is 109 cm³/mol. The molecule has 0 spiro atoms. The summed E-state index contributed by atoms with van der Waals surface area (Å²) in [6.07, 6.45) is -0.842. The van der Waals surface area contributed by atoms with E-state index in [1.165, 1.54) is 12.1 Å². The Morgan fingerprint density at radius 1 is 1.16 bits per heavy atom. The number of hydrogen-bond acceptors (Lipinski definition) is 10. The van der Waals surface area contributed by atoms with Crippen LogP contribution in [-0.2, 0) is 23.1 Å². The number of rotatable bonds is 8. The van der Waals surface area contributed by atoms with Gasteiger partial charge in [0.2, 0.25) is 0 Å². The number of hydrogen-bond donors (Lipinski definition) is 0. The maximum Gasteiger partial charge on any atom is 0.292 e. The molecule has 2 aliphatic rings. The number of benzene rings is 1. The average Bonchev–Trinajstić information content (AvgIpc) is 3.19. The summed E-state index contributed by atoms with van der Waals surface area (Å²) >= 11 is 0.721. The van der Waals surface area contributed by atoms with Crippen molar-refractivity contribution in [2.75, 3.05) is 6.61 Å². The molecule has 1 aromatic rings. The summed E-state index contributed by atoms with van der Waals surface area (Å²) in [6, 6.07) is 3.34. The van der Waals surface area contributed by atoms with Crippen molar-refractivity contribution in [3.63, 3.8) is 0 Å². The topological polar surface area (TPSA) is 132 Å². The van der Waals surface area contributed by atoms with Crippen molar-refractivity contribution in [2.24, 2.45) is 0 Å². The van der Waals surface area contributed by atoms with Gasteiger partial charge in [0.15, 0.2) is 11.6 Å². The molecule has 3 rings (SSSR count). The van der Waals surface area contributed by atoms with Crippen molar-refractivity contribution in [1.29, 1.82) is 0 Å². The van der Waals surface area contributed by atoms with Crippen molar-refractivity contribution in [3.05, 3.63) is 51.1 Å². The molecule has 2 saturated heterocycles. The highest BCUT2D eigenvalue weighted by molar-refractivity contribution is 7.94. The van der Waals surface area contributed by atoms with Crippen molar-refractivity contribution in [2.45, 2.75) is 68.6 Å². The van der Waals surface area contributed by atoms with E-state index in [1.54, 1.807) is 33.8 Å². The van der Waals surface area contributed by atoms with Gasteiger partial charge in [-0.25, -0.2) is 0 Å². The van der Waals surface area contributed by atoms with Crippen LogP contribution in [0.4, 0.5) is 11.4 Å². The molecule has 11 nitrogen and oxygen atoms in total. The Bertz CT molecular complexity index is 876. The normalized spacial score (nSPS) is 27.7. The number of nitro benzene ring substituents is 2. The van der Waals surface area contributed by atoms with Crippen molar-refractivity contribution in [3.8, 4) is 0 Å². The monoisotopic (exact) mass is 456 g/mol. The van der Waals surface area contributed by atoms with Crippen LogP contribution in [0, 0.1) is 20.2 Å². The maximum absolute atomic E-state index is 11.4. The van der Waals surface area contributed by atoms with Crippen LogP contribution in [0.5, 0.6) is 0 Å². The predicted octanol–water partition coefficient (Wildman–Crippen LogP) is 3.75. The second kappa shape index (κ2) is 8.81. The molecule has 31 heavy (non-hydrogen) atoms. The molecule has 0 aliphatic carbocycles. The van der Waals surface area contributed by atoms with Gasteiger partial charge in [0.05, 0.1) is 22.5 Å². The van der Waals surface area contributed by atoms with E-state index in [0.29, 0.717) is 0 Å². The molecule has 0 bridgehead atoms. The van der Waals surface area contributed by atoms with Gasteiger partial charge < -0.3 is 23.1 Å². The van der Waals surface area contributed by atoms with E-state index in [2.05, 4.69) is 6.58 Å².